The minimum atomic E-state index is -0.801. The van der Waals surface area contributed by atoms with Crippen molar-refractivity contribution in [2.45, 2.75) is 31.1 Å². The fourth-order valence-corrected chi connectivity index (χ4v) is 3.43. The van der Waals surface area contributed by atoms with Crippen molar-refractivity contribution in [1.29, 1.82) is 0 Å². The summed E-state index contributed by atoms with van der Waals surface area (Å²) in [5, 5.41) is 3.36. The van der Waals surface area contributed by atoms with Gasteiger partial charge in [0.25, 0.3) is 0 Å². The lowest BCUT2D eigenvalue weighted by molar-refractivity contribution is -0.121. The third-order valence-corrected chi connectivity index (χ3v) is 4.73. The second-order valence-electron chi connectivity index (χ2n) is 5.70. The van der Waals surface area contributed by atoms with Gasteiger partial charge in [-0.2, -0.15) is 0 Å². The number of hydrogen-bond acceptors (Lipinski definition) is 1. The van der Waals surface area contributed by atoms with Crippen LogP contribution in [0.1, 0.15) is 31.2 Å². The van der Waals surface area contributed by atoms with Crippen molar-refractivity contribution in [3.63, 3.8) is 0 Å². The number of halogens is 2. The molecule has 0 bridgehead atoms. The van der Waals surface area contributed by atoms with Crippen LogP contribution in [0, 0.1) is 5.82 Å². The van der Waals surface area contributed by atoms with Crippen LogP contribution in [-0.2, 0) is 10.2 Å². The quantitative estimate of drug-likeness (QED) is 0.854. The smallest absolute Gasteiger partial charge is 0.235 e. The van der Waals surface area contributed by atoms with E-state index in [1.165, 1.54) is 6.07 Å². The molecule has 0 saturated heterocycles. The number of rotatable bonds is 3. The molecule has 1 fully saturated rings. The average molecular weight is 318 g/mol. The standard InChI is InChI=1S/C18H17ClFNO/c19-14-8-2-4-10-16(14)21-17(22)18(11-5-6-12-18)13-7-1-3-9-15(13)20/h1-4,7-10H,5-6,11-12H2,(H,21,22). The minimum Gasteiger partial charge on any atom is -0.324 e. The van der Waals surface area contributed by atoms with E-state index in [4.69, 9.17) is 11.6 Å². The number of carbonyl (C=O) groups excluding carboxylic acids is 1. The Hall–Kier alpha value is -1.87. The molecular formula is C18H17ClFNO. The van der Waals surface area contributed by atoms with Crippen molar-refractivity contribution in [1.82, 2.24) is 0 Å². The highest BCUT2D eigenvalue weighted by molar-refractivity contribution is 6.33. The molecule has 3 rings (SSSR count). The molecule has 1 N–H and O–H groups in total. The Morgan fingerprint density at radius 3 is 2.36 bits per heavy atom. The maximum atomic E-state index is 14.3. The summed E-state index contributed by atoms with van der Waals surface area (Å²) in [7, 11) is 0. The van der Waals surface area contributed by atoms with Gasteiger partial charge < -0.3 is 5.32 Å². The normalized spacial score (nSPS) is 16.5. The van der Waals surface area contributed by atoms with Crippen LogP contribution >= 0.6 is 11.6 Å². The Kier molecular flexibility index (Phi) is 4.16. The summed E-state index contributed by atoms with van der Waals surface area (Å²) in [6.07, 6.45) is 3.16. The molecule has 1 amide bonds. The molecule has 1 aliphatic rings. The summed E-state index contributed by atoms with van der Waals surface area (Å²) in [6, 6.07) is 13.7. The molecule has 0 heterocycles. The van der Waals surface area contributed by atoms with Crippen molar-refractivity contribution >= 4 is 23.2 Å². The SMILES string of the molecule is O=C(Nc1ccccc1Cl)C1(c2ccccc2F)CCCC1. The van der Waals surface area contributed by atoms with Crippen LogP contribution < -0.4 is 5.32 Å². The van der Waals surface area contributed by atoms with Gasteiger partial charge in [-0.25, -0.2) is 4.39 Å². The van der Waals surface area contributed by atoms with Crippen LogP contribution in [0.4, 0.5) is 10.1 Å². The van der Waals surface area contributed by atoms with Gasteiger partial charge in [0.2, 0.25) is 5.91 Å². The zero-order valence-electron chi connectivity index (χ0n) is 12.1. The van der Waals surface area contributed by atoms with E-state index in [0.717, 1.165) is 12.8 Å². The Morgan fingerprint density at radius 2 is 1.68 bits per heavy atom. The number of benzene rings is 2. The summed E-state index contributed by atoms with van der Waals surface area (Å²) < 4.78 is 14.3. The maximum absolute atomic E-state index is 14.3. The number of carbonyl (C=O) groups is 1. The van der Waals surface area contributed by atoms with Gasteiger partial charge in [-0.1, -0.05) is 54.8 Å². The first kappa shape index (κ1) is 15.0. The molecule has 0 atom stereocenters. The van der Waals surface area contributed by atoms with Crippen LogP contribution in [0.2, 0.25) is 5.02 Å². The number of para-hydroxylation sites is 1. The third kappa shape index (κ3) is 2.61. The topological polar surface area (TPSA) is 29.1 Å². The third-order valence-electron chi connectivity index (χ3n) is 4.40. The lowest BCUT2D eigenvalue weighted by Gasteiger charge is -2.28. The van der Waals surface area contributed by atoms with E-state index in [0.29, 0.717) is 29.1 Å². The predicted molar refractivity (Wildman–Crippen MR) is 86.6 cm³/mol. The summed E-state index contributed by atoms with van der Waals surface area (Å²) in [4.78, 5) is 12.9. The van der Waals surface area contributed by atoms with Gasteiger partial charge in [0.15, 0.2) is 0 Å². The first-order valence-corrected chi connectivity index (χ1v) is 7.82. The highest BCUT2D eigenvalue weighted by Crippen LogP contribution is 2.43. The summed E-state index contributed by atoms with van der Waals surface area (Å²) in [5.74, 6) is -0.498. The summed E-state index contributed by atoms with van der Waals surface area (Å²) in [5.41, 5.74) is 0.249. The lowest BCUT2D eigenvalue weighted by atomic mass is 9.77. The van der Waals surface area contributed by atoms with Crippen molar-refractivity contribution in [2.24, 2.45) is 0 Å². The average Bonchev–Trinajstić information content (AvgIpc) is 3.01. The first-order chi connectivity index (χ1) is 10.6. The number of amides is 1. The second kappa shape index (κ2) is 6.09. The number of nitrogens with one attached hydrogen (secondary N) is 1. The zero-order valence-corrected chi connectivity index (χ0v) is 12.9. The molecule has 114 valence electrons. The molecular weight excluding hydrogens is 301 g/mol. The molecule has 0 unspecified atom stereocenters. The van der Waals surface area contributed by atoms with E-state index in [2.05, 4.69) is 5.32 Å². The molecule has 4 heteroatoms. The van der Waals surface area contributed by atoms with E-state index in [1.54, 1.807) is 36.4 Å². The molecule has 0 spiro atoms. The zero-order chi connectivity index (χ0) is 15.6. The Bertz CT molecular complexity index is 695. The molecule has 0 radical (unpaired) electrons. The van der Waals surface area contributed by atoms with Crippen molar-refractivity contribution in [3.8, 4) is 0 Å². The van der Waals surface area contributed by atoms with Crippen LogP contribution in [0.25, 0.3) is 0 Å². The molecule has 1 aliphatic carbocycles. The molecule has 2 aromatic rings. The number of hydrogen-bond donors (Lipinski definition) is 1. The molecule has 0 aliphatic heterocycles. The van der Waals surface area contributed by atoms with Gasteiger partial charge in [0, 0.05) is 5.56 Å². The fraction of sp³-hybridized carbons (Fsp3) is 0.278. The maximum Gasteiger partial charge on any atom is 0.235 e. The Morgan fingerprint density at radius 1 is 1.05 bits per heavy atom. The minimum absolute atomic E-state index is 0.178. The van der Waals surface area contributed by atoms with Crippen LogP contribution in [-0.4, -0.2) is 5.91 Å². The van der Waals surface area contributed by atoms with E-state index in [1.807, 2.05) is 6.07 Å². The van der Waals surface area contributed by atoms with Crippen LogP contribution in [0.5, 0.6) is 0 Å². The van der Waals surface area contributed by atoms with Gasteiger partial charge in [0.1, 0.15) is 5.82 Å². The van der Waals surface area contributed by atoms with Crippen molar-refractivity contribution in [2.75, 3.05) is 5.32 Å². The van der Waals surface area contributed by atoms with E-state index in [9.17, 15) is 9.18 Å². The van der Waals surface area contributed by atoms with Gasteiger partial charge in [-0.3, -0.25) is 4.79 Å². The Balaban J connectivity index is 1.96. The second-order valence-corrected chi connectivity index (χ2v) is 6.11. The van der Waals surface area contributed by atoms with Gasteiger partial charge in [-0.15, -0.1) is 0 Å². The van der Waals surface area contributed by atoms with E-state index in [-0.39, 0.29) is 11.7 Å². The number of anilines is 1. The predicted octanol–water partition coefficient (Wildman–Crippen LogP) is 4.93. The molecule has 1 saturated carbocycles. The monoisotopic (exact) mass is 317 g/mol. The molecule has 22 heavy (non-hydrogen) atoms. The highest BCUT2D eigenvalue weighted by atomic mass is 35.5. The van der Waals surface area contributed by atoms with Gasteiger partial charge >= 0.3 is 0 Å². The van der Waals surface area contributed by atoms with Crippen LogP contribution in [0.15, 0.2) is 48.5 Å². The van der Waals surface area contributed by atoms with Gasteiger partial charge in [0.05, 0.1) is 16.1 Å². The first-order valence-electron chi connectivity index (χ1n) is 7.44. The lowest BCUT2D eigenvalue weighted by Crippen LogP contribution is -2.38. The molecule has 2 aromatic carbocycles. The fourth-order valence-electron chi connectivity index (χ4n) is 3.25. The Labute approximate surface area is 134 Å². The van der Waals surface area contributed by atoms with E-state index < -0.39 is 5.41 Å². The van der Waals surface area contributed by atoms with E-state index >= 15 is 0 Å². The molecule has 0 aromatic heterocycles. The van der Waals surface area contributed by atoms with Crippen molar-refractivity contribution < 1.29 is 9.18 Å². The highest BCUT2D eigenvalue weighted by Gasteiger charge is 2.44. The summed E-state index contributed by atoms with van der Waals surface area (Å²) in [6.45, 7) is 0. The van der Waals surface area contributed by atoms with Crippen molar-refractivity contribution in [3.05, 3.63) is 64.9 Å². The molecule has 2 nitrogen and oxygen atoms in total. The summed E-state index contributed by atoms with van der Waals surface area (Å²) >= 11 is 6.11. The largest absolute Gasteiger partial charge is 0.324 e. The van der Waals surface area contributed by atoms with Crippen LogP contribution in [0.3, 0.4) is 0 Å². The van der Waals surface area contributed by atoms with Gasteiger partial charge in [-0.05, 0) is 31.0 Å².